The Labute approximate surface area is 119 Å². The number of hydrogen-bond acceptors (Lipinski definition) is 6. The highest BCUT2D eigenvalue weighted by Gasteiger charge is 2.22. The Bertz CT molecular complexity index is 447. The Kier molecular flexibility index (Phi) is 5.29. The second-order valence-corrected chi connectivity index (χ2v) is 4.92. The zero-order valence-electron chi connectivity index (χ0n) is 12.1. The second-order valence-electron chi connectivity index (χ2n) is 4.92. The van der Waals surface area contributed by atoms with Crippen molar-refractivity contribution in [1.29, 1.82) is 0 Å². The van der Waals surface area contributed by atoms with E-state index >= 15 is 0 Å². The first-order valence-corrected chi connectivity index (χ1v) is 7.15. The van der Waals surface area contributed by atoms with Gasteiger partial charge in [-0.2, -0.15) is 0 Å². The number of anilines is 1. The lowest BCUT2D eigenvalue weighted by Gasteiger charge is -2.35. The Balaban J connectivity index is 2.21. The molecule has 1 aromatic rings. The fraction of sp³-hybridized carbons (Fsp3) is 0.643. The number of ether oxygens (including phenoxy) is 1. The standard InChI is InChI=1S/C14H22N4O2/c1-3-9-18(11-5-4-7-15-10-11)12-6-8-16-13(17-12)14(19)20-2/h6,8,11,15H,3-5,7,9-10H2,1-2H3. The van der Waals surface area contributed by atoms with Crippen LogP contribution in [0.4, 0.5) is 5.82 Å². The number of carbonyl (C=O) groups is 1. The smallest absolute Gasteiger partial charge is 0.376 e. The number of aromatic nitrogens is 2. The van der Waals surface area contributed by atoms with Crippen molar-refractivity contribution >= 4 is 11.8 Å². The van der Waals surface area contributed by atoms with Crippen molar-refractivity contribution in [2.75, 3.05) is 31.6 Å². The number of nitrogens with one attached hydrogen (secondary N) is 1. The van der Waals surface area contributed by atoms with E-state index in [1.165, 1.54) is 13.5 Å². The largest absolute Gasteiger partial charge is 0.463 e. The molecule has 0 aromatic carbocycles. The average Bonchev–Trinajstić information content (AvgIpc) is 2.52. The minimum Gasteiger partial charge on any atom is -0.463 e. The van der Waals surface area contributed by atoms with Crippen LogP contribution in [0.15, 0.2) is 12.3 Å². The van der Waals surface area contributed by atoms with Gasteiger partial charge in [-0.1, -0.05) is 6.92 Å². The van der Waals surface area contributed by atoms with Crippen LogP contribution in [0.25, 0.3) is 0 Å². The van der Waals surface area contributed by atoms with Gasteiger partial charge < -0.3 is 15.0 Å². The summed E-state index contributed by atoms with van der Waals surface area (Å²) >= 11 is 0. The Hall–Kier alpha value is -1.69. The molecule has 2 rings (SSSR count). The predicted molar refractivity (Wildman–Crippen MR) is 76.9 cm³/mol. The summed E-state index contributed by atoms with van der Waals surface area (Å²) in [6.07, 6.45) is 4.96. The van der Waals surface area contributed by atoms with Gasteiger partial charge in [-0.25, -0.2) is 14.8 Å². The van der Waals surface area contributed by atoms with Crippen molar-refractivity contribution in [3.63, 3.8) is 0 Å². The second kappa shape index (κ2) is 7.19. The molecule has 110 valence electrons. The normalized spacial score (nSPS) is 18.6. The lowest BCUT2D eigenvalue weighted by molar-refractivity contribution is 0.0586. The third-order valence-corrected chi connectivity index (χ3v) is 3.48. The third-order valence-electron chi connectivity index (χ3n) is 3.48. The number of methoxy groups -OCH3 is 1. The first-order valence-electron chi connectivity index (χ1n) is 7.15. The van der Waals surface area contributed by atoms with Gasteiger partial charge in [0.15, 0.2) is 0 Å². The number of hydrogen-bond donors (Lipinski definition) is 1. The maximum atomic E-state index is 11.5. The Morgan fingerprint density at radius 2 is 2.45 bits per heavy atom. The van der Waals surface area contributed by atoms with Crippen LogP contribution in [0, 0.1) is 0 Å². The minimum absolute atomic E-state index is 0.120. The third kappa shape index (κ3) is 3.45. The molecule has 6 nitrogen and oxygen atoms in total. The van der Waals surface area contributed by atoms with E-state index in [2.05, 4.69) is 31.8 Å². The first kappa shape index (κ1) is 14.7. The summed E-state index contributed by atoms with van der Waals surface area (Å²) in [7, 11) is 1.34. The molecule has 1 aliphatic rings. The van der Waals surface area contributed by atoms with E-state index < -0.39 is 5.97 Å². The van der Waals surface area contributed by atoms with E-state index in [-0.39, 0.29) is 5.82 Å². The van der Waals surface area contributed by atoms with E-state index in [9.17, 15) is 4.79 Å². The topological polar surface area (TPSA) is 67.4 Å². The van der Waals surface area contributed by atoms with E-state index in [1.807, 2.05) is 6.07 Å². The van der Waals surface area contributed by atoms with Gasteiger partial charge in [0.05, 0.1) is 7.11 Å². The summed E-state index contributed by atoms with van der Waals surface area (Å²) in [6, 6.07) is 2.28. The molecule has 1 fully saturated rings. The fourth-order valence-corrected chi connectivity index (χ4v) is 2.52. The quantitative estimate of drug-likeness (QED) is 0.817. The average molecular weight is 278 g/mol. The lowest BCUT2D eigenvalue weighted by Crippen LogP contribution is -2.47. The zero-order chi connectivity index (χ0) is 14.4. The molecule has 1 atom stereocenters. The summed E-state index contributed by atoms with van der Waals surface area (Å²) in [5.74, 6) is 0.427. The van der Waals surface area contributed by atoms with Gasteiger partial charge in [0.1, 0.15) is 5.82 Å². The van der Waals surface area contributed by atoms with Crippen molar-refractivity contribution in [3.8, 4) is 0 Å². The molecule has 1 N–H and O–H groups in total. The Morgan fingerprint density at radius 3 is 3.10 bits per heavy atom. The maximum Gasteiger partial charge on any atom is 0.376 e. The van der Waals surface area contributed by atoms with Gasteiger partial charge in [0.25, 0.3) is 0 Å². The molecule has 1 unspecified atom stereocenters. The fourth-order valence-electron chi connectivity index (χ4n) is 2.52. The van der Waals surface area contributed by atoms with E-state index in [0.29, 0.717) is 6.04 Å². The van der Waals surface area contributed by atoms with Crippen LogP contribution >= 0.6 is 0 Å². The number of esters is 1. The van der Waals surface area contributed by atoms with Gasteiger partial charge in [0, 0.05) is 25.3 Å². The molecule has 0 saturated carbocycles. The molecule has 0 aliphatic carbocycles. The molecular formula is C14H22N4O2. The molecule has 1 saturated heterocycles. The van der Waals surface area contributed by atoms with Gasteiger partial charge >= 0.3 is 5.97 Å². The van der Waals surface area contributed by atoms with Gasteiger partial charge in [-0.05, 0) is 31.9 Å². The van der Waals surface area contributed by atoms with Crippen LogP contribution in [0.2, 0.25) is 0 Å². The van der Waals surface area contributed by atoms with Crippen molar-refractivity contribution in [1.82, 2.24) is 15.3 Å². The van der Waals surface area contributed by atoms with Crippen LogP contribution in [0.1, 0.15) is 36.8 Å². The molecular weight excluding hydrogens is 256 g/mol. The van der Waals surface area contributed by atoms with Crippen molar-refractivity contribution in [2.45, 2.75) is 32.2 Å². The van der Waals surface area contributed by atoms with Gasteiger partial charge in [-0.3, -0.25) is 0 Å². The predicted octanol–water partition coefficient (Wildman–Crippen LogP) is 1.23. The highest BCUT2D eigenvalue weighted by atomic mass is 16.5. The van der Waals surface area contributed by atoms with Crippen molar-refractivity contribution in [2.24, 2.45) is 0 Å². The molecule has 0 radical (unpaired) electrons. The molecule has 2 heterocycles. The summed E-state index contributed by atoms with van der Waals surface area (Å²) in [5, 5.41) is 3.42. The maximum absolute atomic E-state index is 11.5. The summed E-state index contributed by atoms with van der Waals surface area (Å²) < 4.78 is 4.68. The van der Waals surface area contributed by atoms with Crippen LogP contribution in [0.3, 0.4) is 0 Å². The highest BCUT2D eigenvalue weighted by molar-refractivity contribution is 5.85. The molecule has 6 heteroatoms. The summed E-state index contributed by atoms with van der Waals surface area (Å²) in [6.45, 7) is 5.10. The van der Waals surface area contributed by atoms with Crippen molar-refractivity contribution in [3.05, 3.63) is 18.1 Å². The molecule has 20 heavy (non-hydrogen) atoms. The highest BCUT2D eigenvalue weighted by Crippen LogP contribution is 2.19. The number of carbonyl (C=O) groups excluding carboxylic acids is 1. The van der Waals surface area contributed by atoms with Crippen LogP contribution < -0.4 is 10.2 Å². The number of rotatable bonds is 5. The van der Waals surface area contributed by atoms with E-state index in [4.69, 9.17) is 0 Å². The molecule has 0 bridgehead atoms. The number of piperidine rings is 1. The molecule has 1 aromatic heterocycles. The Morgan fingerprint density at radius 1 is 1.60 bits per heavy atom. The first-order chi connectivity index (χ1) is 9.76. The molecule has 0 spiro atoms. The van der Waals surface area contributed by atoms with E-state index in [1.54, 1.807) is 6.20 Å². The van der Waals surface area contributed by atoms with Crippen LogP contribution in [-0.4, -0.2) is 48.7 Å². The lowest BCUT2D eigenvalue weighted by atomic mass is 10.1. The number of nitrogens with zero attached hydrogens (tertiary/aromatic N) is 3. The summed E-state index contributed by atoms with van der Waals surface area (Å²) in [4.78, 5) is 22.1. The molecule has 1 aliphatic heterocycles. The monoisotopic (exact) mass is 278 g/mol. The van der Waals surface area contributed by atoms with E-state index in [0.717, 1.165) is 38.3 Å². The van der Waals surface area contributed by atoms with Gasteiger partial charge in [0.2, 0.25) is 5.82 Å². The zero-order valence-corrected chi connectivity index (χ0v) is 12.1. The minimum atomic E-state index is -0.495. The molecule has 0 amide bonds. The van der Waals surface area contributed by atoms with Crippen LogP contribution in [0.5, 0.6) is 0 Å². The van der Waals surface area contributed by atoms with Gasteiger partial charge in [-0.15, -0.1) is 0 Å². The SMILES string of the molecule is CCCN(c1ccnc(C(=O)OC)n1)C1CCCNC1. The van der Waals surface area contributed by atoms with Crippen molar-refractivity contribution < 1.29 is 9.53 Å². The summed E-state index contributed by atoms with van der Waals surface area (Å²) in [5.41, 5.74) is 0. The van der Waals surface area contributed by atoms with Crippen LogP contribution in [-0.2, 0) is 4.74 Å².